The van der Waals surface area contributed by atoms with Crippen LogP contribution >= 0.6 is 0 Å². The van der Waals surface area contributed by atoms with Gasteiger partial charge in [0.25, 0.3) is 5.91 Å². The van der Waals surface area contributed by atoms with Gasteiger partial charge in [0.05, 0.1) is 6.20 Å². The molecule has 0 fully saturated rings. The molecule has 3 heterocycles. The summed E-state index contributed by atoms with van der Waals surface area (Å²) in [4.78, 5) is 20.9. The molecule has 0 aliphatic rings. The van der Waals surface area contributed by atoms with Crippen LogP contribution in [0.4, 0.5) is 5.82 Å². The fourth-order valence-electron chi connectivity index (χ4n) is 2.22. The van der Waals surface area contributed by atoms with Gasteiger partial charge in [-0.15, -0.1) is 0 Å². The van der Waals surface area contributed by atoms with Crippen molar-refractivity contribution in [2.75, 3.05) is 5.32 Å². The van der Waals surface area contributed by atoms with Crippen molar-refractivity contribution in [2.24, 2.45) is 0 Å². The lowest BCUT2D eigenvalue weighted by atomic mass is 10.2. The Balaban J connectivity index is 1.99. The maximum Gasteiger partial charge on any atom is 0.262 e. The zero-order chi connectivity index (χ0) is 15.0. The Hall–Kier alpha value is -2.76. The molecular weight excluding hydrogens is 266 g/mol. The summed E-state index contributed by atoms with van der Waals surface area (Å²) >= 11 is 0. The van der Waals surface area contributed by atoms with Crippen molar-refractivity contribution in [1.29, 1.82) is 0 Å². The van der Waals surface area contributed by atoms with Crippen molar-refractivity contribution < 1.29 is 4.79 Å². The summed E-state index contributed by atoms with van der Waals surface area (Å²) in [6.07, 6.45) is 3.19. The van der Waals surface area contributed by atoms with E-state index in [1.54, 1.807) is 10.7 Å². The van der Waals surface area contributed by atoms with E-state index in [1.807, 2.05) is 39.0 Å². The van der Waals surface area contributed by atoms with E-state index in [1.165, 1.54) is 6.20 Å². The zero-order valence-electron chi connectivity index (χ0n) is 12.1. The van der Waals surface area contributed by atoms with Crippen molar-refractivity contribution in [3.8, 4) is 0 Å². The summed E-state index contributed by atoms with van der Waals surface area (Å²) in [5.74, 6) is 0.254. The molecule has 0 atom stereocenters. The van der Waals surface area contributed by atoms with E-state index in [2.05, 4.69) is 20.4 Å². The number of rotatable bonds is 2. The normalized spacial score (nSPS) is 10.8. The summed E-state index contributed by atoms with van der Waals surface area (Å²) in [6, 6.07) is 5.61. The van der Waals surface area contributed by atoms with Gasteiger partial charge in [0, 0.05) is 17.6 Å². The van der Waals surface area contributed by atoms with E-state index in [-0.39, 0.29) is 5.91 Å². The van der Waals surface area contributed by atoms with Gasteiger partial charge in [-0.1, -0.05) is 0 Å². The summed E-state index contributed by atoms with van der Waals surface area (Å²) in [5.41, 5.74) is 3.81. The third kappa shape index (κ3) is 2.47. The van der Waals surface area contributed by atoms with E-state index in [9.17, 15) is 4.79 Å². The van der Waals surface area contributed by atoms with Gasteiger partial charge in [-0.05, 0) is 44.5 Å². The topological polar surface area (TPSA) is 72.2 Å². The predicted molar refractivity (Wildman–Crippen MR) is 79.4 cm³/mol. The number of hydrogen-bond acceptors (Lipinski definition) is 4. The molecule has 0 spiro atoms. The molecular formula is C15H15N5O. The molecule has 3 aromatic rings. The molecule has 0 aliphatic heterocycles. The van der Waals surface area contributed by atoms with Gasteiger partial charge in [0.1, 0.15) is 11.4 Å². The molecule has 1 N–H and O–H groups in total. The third-order valence-electron chi connectivity index (χ3n) is 3.18. The van der Waals surface area contributed by atoms with Gasteiger partial charge in [0.15, 0.2) is 5.65 Å². The number of amides is 1. The van der Waals surface area contributed by atoms with Gasteiger partial charge < -0.3 is 5.32 Å². The van der Waals surface area contributed by atoms with Crippen LogP contribution in [0.15, 0.2) is 30.6 Å². The quantitative estimate of drug-likeness (QED) is 0.782. The average Bonchev–Trinajstić information content (AvgIpc) is 2.82. The van der Waals surface area contributed by atoms with E-state index in [4.69, 9.17) is 0 Å². The highest BCUT2D eigenvalue weighted by Gasteiger charge is 2.16. The number of hydrogen-bond donors (Lipinski definition) is 1. The molecule has 0 unspecified atom stereocenters. The molecule has 0 saturated carbocycles. The Kier molecular flexibility index (Phi) is 3.13. The second-order valence-corrected chi connectivity index (χ2v) is 5.01. The minimum atomic E-state index is -0.263. The van der Waals surface area contributed by atoms with Crippen molar-refractivity contribution in [3.05, 3.63) is 53.1 Å². The maximum atomic E-state index is 12.4. The van der Waals surface area contributed by atoms with E-state index in [0.29, 0.717) is 17.0 Å². The monoisotopic (exact) mass is 281 g/mol. The predicted octanol–water partition coefficient (Wildman–Crippen LogP) is 2.30. The molecule has 0 aliphatic carbocycles. The zero-order valence-corrected chi connectivity index (χ0v) is 12.1. The number of pyridine rings is 1. The molecule has 21 heavy (non-hydrogen) atoms. The SMILES string of the molecule is Cc1ccnc(NC(=O)c2cnn3c(C)cc(C)nc23)c1. The standard InChI is InChI=1S/C15H15N5O/c1-9-4-5-16-13(6-9)19-15(21)12-8-17-20-11(3)7-10(2)18-14(12)20/h4-8H,1-3H3,(H,16,19,21). The number of aromatic nitrogens is 4. The first-order chi connectivity index (χ1) is 10.0. The lowest BCUT2D eigenvalue weighted by Crippen LogP contribution is -2.13. The van der Waals surface area contributed by atoms with Crippen LogP contribution in [0.1, 0.15) is 27.3 Å². The molecule has 3 aromatic heterocycles. The molecule has 1 amide bonds. The minimum absolute atomic E-state index is 0.263. The van der Waals surface area contributed by atoms with Gasteiger partial charge >= 0.3 is 0 Å². The second kappa shape index (κ2) is 4.97. The Bertz CT molecular complexity index is 837. The first-order valence-electron chi connectivity index (χ1n) is 6.60. The number of carbonyl (C=O) groups excluding carboxylic acids is 1. The van der Waals surface area contributed by atoms with Gasteiger partial charge in [-0.3, -0.25) is 4.79 Å². The van der Waals surface area contributed by atoms with Crippen LogP contribution < -0.4 is 5.32 Å². The molecule has 0 saturated heterocycles. The maximum absolute atomic E-state index is 12.4. The molecule has 0 aromatic carbocycles. The van der Waals surface area contributed by atoms with E-state index in [0.717, 1.165) is 17.0 Å². The number of fused-ring (bicyclic) bond motifs is 1. The molecule has 3 rings (SSSR count). The van der Waals surface area contributed by atoms with Gasteiger partial charge in [-0.2, -0.15) is 5.10 Å². The van der Waals surface area contributed by atoms with E-state index >= 15 is 0 Å². The number of nitrogens with zero attached hydrogens (tertiary/aromatic N) is 4. The van der Waals surface area contributed by atoms with Crippen LogP contribution in [0.3, 0.4) is 0 Å². The third-order valence-corrected chi connectivity index (χ3v) is 3.18. The van der Waals surface area contributed by atoms with Crippen LogP contribution in [-0.4, -0.2) is 25.5 Å². The highest BCUT2D eigenvalue weighted by atomic mass is 16.1. The smallest absolute Gasteiger partial charge is 0.262 e. The first kappa shape index (κ1) is 13.2. The summed E-state index contributed by atoms with van der Waals surface area (Å²) < 4.78 is 1.66. The minimum Gasteiger partial charge on any atom is -0.306 e. The molecule has 6 heteroatoms. The van der Waals surface area contributed by atoms with Crippen molar-refractivity contribution in [3.63, 3.8) is 0 Å². The highest BCUT2D eigenvalue weighted by molar-refractivity contribution is 6.07. The van der Waals surface area contributed by atoms with Crippen LogP contribution in [0, 0.1) is 20.8 Å². The Labute approximate surface area is 121 Å². The number of nitrogens with one attached hydrogen (secondary N) is 1. The van der Waals surface area contributed by atoms with Crippen LogP contribution in [0.2, 0.25) is 0 Å². The molecule has 6 nitrogen and oxygen atoms in total. The summed E-state index contributed by atoms with van der Waals surface area (Å²) in [6.45, 7) is 5.77. The highest BCUT2D eigenvalue weighted by Crippen LogP contribution is 2.14. The fraction of sp³-hybridized carbons (Fsp3) is 0.200. The number of aryl methyl sites for hydroxylation is 3. The summed E-state index contributed by atoms with van der Waals surface area (Å²) in [7, 11) is 0. The molecule has 0 radical (unpaired) electrons. The first-order valence-corrected chi connectivity index (χ1v) is 6.60. The van der Waals surface area contributed by atoms with Crippen molar-refractivity contribution >= 4 is 17.4 Å². The van der Waals surface area contributed by atoms with E-state index < -0.39 is 0 Å². The largest absolute Gasteiger partial charge is 0.306 e. The van der Waals surface area contributed by atoms with Crippen LogP contribution in [0.25, 0.3) is 5.65 Å². The summed E-state index contributed by atoms with van der Waals surface area (Å²) in [5, 5.41) is 6.99. The average molecular weight is 281 g/mol. The van der Waals surface area contributed by atoms with Gasteiger partial charge in [0.2, 0.25) is 0 Å². The van der Waals surface area contributed by atoms with Crippen molar-refractivity contribution in [2.45, 2.75) is 20.8 Å². The van der Waals surface area contributed by atoms with Crippen LogP contribution in [-0.2, 0) is 0 Å². The Morgan fingerprint density at radius 3 is 2.81 bits per heavy atom. The lowest BCUT2D eigenvalue weighted by Gasteiger charge is -2.04. The molecule has 0 bridgehead atoms. The second-order valence-electron chi connectivity index (χ2n) is 5.01. The van der Waals surface area contributed by atoms with Crippen LogP contribution in [0.5, 0.6) is 0 Å². The lowest BCUT2D eigenvalue weighted by molar-refractivity contribution is 0.102. The number of anilines is 1. The fourth-order valence-corrected chi connectivity index (χ4v) is 2.22. The van der Waals surface area contributed by atoms with Gasteiger partial charge in [-0.25, -0.2) is 14.5 Å². The Morgan fingerprint density at radius 2 is 2.05 bits per heavy atom. The Morgan fingerprint density at radius 1 is 1.24 bits per heavy atom. The number of carbonyl (C=O) groups is 1. The molecule has 106 valence electrons. The van der Waals surface area contributed by atoms with Crippen molar-refractivity contribution in [1.82, 2.24) is 19.6 Å².